The van der Waals surface area contributed by atoms with Crippen LogP contribution in [0.15, 0.2) is 73.1 Å². The van der Waals surface area contributed by atoms with Gasteiger partial charge in [-0.3, -0.25) is 4.98 Å². The normalized spacial score (nSPS) is 10.7. The van der Waals surface area contributed by atoms with Crippen LogP contribution in [0.3, 0.4) is 0 Å². The third-order valence-corrected chi connectivity index (χ3v) is 4.32. The van der Waals surface area contributed by atoms with Crippen molar-refractivity contribution in [2.24, 2.45) is 0 Å². The molecule has 0 atom stereocenters. The number of hydrogen-bond acceptors (Lipinski definition) is 6. The molecule has 134 valence electrons. The van der Waals surface area contributed by atoms with Gasteiger partial charge in [0.1, 0.15) is 0 Å². The lowest BCUT2D eigenvalue weighted by atomic mass is 10.2. The van der Waals surface area contributed by atoms with Gasteiger partial charge in [0.25, 0.3) is 0 Å². The number of benzene rings is 2. The van der Waals surface area contributed by atoms with Crippen molar-refractivity contribution < 1.29 is 0 Å². The van der Waals surface area contributed by atoms with E-state index < -0.39 is 0 Å². The van der Waals surface area contributed by atoms with E-state index in [1.807, 2.05) is 48.5 Å². The van der Waals surface area contributed by atoms with E-state index in [9.17, 15) is 0 Å². The summed E-state index contributed by atoms with van der Waals surface area (Å²) in [6, 6.07) is 20.3. The summed E-state index contributed by atoms with van der Waals surface area (Å²) in [6.45, 7) is 3.61. The SMILES string of the molecule is CCN(Cc1ccccc1)c1nncc(Nc2cccc3cccnc23)n1. The molecule has 0 aliphatic heterocycles. The van der Waals surface area contributed by atoms with Crippen LogP contribution in [0.25, 0.3) is 10.9 Å². The van der Waals surface area contributed by atoms with Gasteiger partial charge in [0, 0.05) is 24.7 Å². The summed E-state index contributed by atoms with van der Waals surface area (Å²) in [5.41, 5.74) is 3.00. The van der Waals surface area contributed by atoms with E-state index in [2.05, 4.69) is 49.4 Å². The minimum atomic E-state index is 0.597. The Morgan fingerprint density at radius 1 is 0.963 bits per heavy atom. The highest BCUT2D eigenvalue weighted by molar-refractivity contribution is 5.91. The molecule has 1 N–H and O–H groups in total. The van der Waals surface area contributed by atoms with Gasteiger partial charge in [-0.15, -0.1) is 5.10 Å². The summed E-state index contributed by atoms with van der Waals surface area (Å²) < 4.78 is 0. The minimum Gasteiger partial charge on any atom is -0.337 e. The molecular formula is C21H20N6. The van der Waals surface area contributed by atoms with Crippen molar-refractivity contribution in [1.82, 2.24) is 20.2 Å². The first-order chi connectivity index (χ1) is 13.3. The molecule has 0 amide bonds. The summed E-state index contributed by atoms with van der Waals surface area (Å²) in [6.07, 6.45) is 3.41. The second kappa shape index (κ2) is 7.78. The minimum absolute atomic E-state index is 0.597. The van der Waals surface area contributed by atoms with Gasteiger partial charge in [-0.05, 0) is 24.6 Å². The molecule has 27 heavy (non-hydrogen) atoms. The molecule has 6 nitrogen and oxygen atoms in total. The van der Waals surface area contributed by atoms with Crippen LogP contribution in [-0.4, -0.2) is 26.7 Å². The fraction of sp³-hybridized carbons (Fsp3) is 0.143. The average molecular weight is 356 g/mol. The summed E-state index contributed by atoms with van der Waals surface area (Å²) in [5.74, 6) is 1.24. The monoisotopic (exact) mass is 356 g/mol. The molecule has 0 saturated heterocycles. The topological polar surface area (TPSA) is 66.8 Å². The smallest absolute Gasteiger partial charge is 0.247 e. The molecule has 2 aromatic heterocycles. The highest BCUT2D eigenvalue weighted by atomic mass is 15.3. The van der Waals surface area contributed by atoms with Crippen molar-refractivity contribution in [2.45, 2.75) is 13.5 Å². The van der Waals surface area contributed by atoms with Crippen molar-refractivity contribution in [3.05, 3.63) is 78.6 Å². The van der Waals surface area contributed by atoms with Gasteiger partial charge in [0.2, 0.25) is 5.95 Å². The van der Waals surface area contributed by atoms with Gasteiger partial charge < -0.3 is 10.2 Å². The van der Waals surface area contributed by atoms with Crippen molar-refractivity contribution in [3.63, 3.8) is 0 Å². The molecule has 0 saturated carbocycles. The van der Waals surface area contributed by atoms with Gasteiger partial charge in [-0.2, -0.15) is 10.1 Å². The number of hydrogen-bond donors (Lipinski definition) is 1. The largest absolute Gasteiger partial charge is 0.337 e. The van der Waals surface area contributed by atoms with Gasteiger partial charge >= 0.3 is 0 Å². The van der Waals surface area contributed by atoms with E-state index in [0.717, 1.165) is 29.7 Å². The second-order valence-corrected chi connectivity index (χ2v) is 6.15. The van der Waals surface area contributed by atoms with Gasteiger partial charge in [-0.1, -0.05) is 48.5 Å². The van der Waals surface area contributed by atoms with Gasteiger partial charge in [-0.25, -0.2) is 0 Å². The maximum atomic E-state index is 4.66. The van der Waals surface area contributed by atoms with Crippen LogP contribution in [0.4, 0.5) is 17.5 Å². The molecule has 4 aromatic rings. The van der Waals surface area contributed by atoms with Crippen LogP contribution >= 0.6 is 0 Å². The lowest BCUT2D eigenvalue weighted by Crippen LogP contribution is -2.24. The molecule has 0 unspecified atom stereocenters. The predicted octanol–water partition coefficient (Wildman–Crippen LogP) is 4.19. The molecule has 2 aromatic carbocycles. The van der Waals surface area contributed by atoms with E-state index in [-0.39, 0.29) is 0 Å². The fourth-order valence-corrected chi connectivity index (χ4v) is 2.96. The predicted molar refractivity (Wildman–Crippen MR) is 108 cm³/mol. The standard InChI is InChI=1S/C21H20N6/c1-2-27(15-16-8-4-3-5-9-16)21-25-19(14-23-26-21)24-18-12-6-10-17-11-7-13-22-20(17)18/h3-14H,2,15H2,1H3,(H,24,25,26). The molecule has 0 aliphatic carbocycles. The van der Waals surface area contributed by atoms with Crippen LogP contribution in [0, 0.1) is 0 Å². The summed E-state index contributed by atoms with van der Waals surface area (Å²) in [7, 11) is 0. The molecule has 0 spiro atoms. The fourth-order valence-electron chi connectivity index (χ4n) is 2.96. The Morgan fingerprint density at radius 2 is 1.81 bits per heavy atom. The first kappa shape index (κ1) is 16.9. The maximum Gasteiger partial charge on any atom is 0.247 e. The number of anilines is 3. The lowest BCUT2D eigenvalue weighted by Gasteiger charge is -2.20. The Balaban J connectivity index is 1.60. The Hall–Kier alpha value is -3.54. The number of aromatic nitrogens is 4. The van der Waals surface area contributed by atoms with Crippen molar-refractivity contribution >= 4 is 28.4 Å². The lowest BCUT2D eigenvalue weighted by molar-refractivity contribution is 0.771. The molecule has 2 heterocycles. The molecule has 0 bridgehead atoms. The van der Waals surface area contributed by atoms with Crippen LogP contribution in [0.5, 0.6) is 0 Å². The molecule has 0 radical (unpaired) electrons. The number of nitrogens with one attached hydrogen (secondary N) is 1. The van der Waals surface area contributed by atoms with Gasteiger partial charge in [0.15, 0.2) is 5.82 Å². The van der Waals surface area contributed by atoms with Crippen LogP contribution < -0.4 is 10.2 Å². The number of nitrogens with zero attached hydrogens (tertiary/aromatic N) is 5. The third-order valence-electron chi connectivity index (χ3n) is 4.32. The Bertz CT molecular complexity index is 1030. The molecular weight excluding hydrogens is 336 g/mol. The highest BCUT2D eigenvalue weighted by Gasteiger charge is 2.11. The third kappa shape index (κ3) is 3.84. The van der Waals surface area contributed by atoms with E-state index >= 15 is 0 Å². The number of pyridine rings is 1. The zero-order chi connectivity index (χ0) is 18.5. The van der Waals surface area contributed by atoms with Gasteiger partial charge in [0.05, 0.1) is 17.4 Å². The molecule has 4 rings (SSSR count). The van der Waals surface area contributed by atoms with Crippen molar-refractivity contribution in [1.29, 1.82) is 0 Å². The Kier molecular flexibility index (Phi) is 4.87. The van der Waals surface area contributed by atoms with E-state index in [4.69, 9.17) is 0 Å². The van der Waals surface area contributed by atoms with E-state index in [0.29, 0.717) is 11.8 Å². The van der Waals surface area contributed by atoms with Crippen molar-refractivity contribution in [3.8, 4) is 0 Å². The molecule has 0 aliphatic rings. The number of rotatable bonds is 6. The summed E-state index contributed by atoms with van der Waals surface area (Å²) in [4.78, 5) is 11.2. The molecule has 0 fully saturated rings. The van der Waals surface area contributed by atoms with Crippen LogP contribution in [-0.2, 0) is 6.54 Å². The Labute approximate surface area is 157 Å². The number of fused-ring (bicyclic) bond motifs is 1. The molecule has 6 heteroatoms. The average Bonchev–Trinajstić information content (AvgIpc) is 2.73. The first-order valence-electron chi connectivity index (χ1n) is 8.93. The van der Waals surface area contributed by atoms with E-state index in [1.165, 1.54) is 5.56 Å². The Morgan fingerprint density at radius 3 is 2.67 bits per heavy atom. The van der Waals surface area contributed by atoms with Crippen LogP contribution in [0.1, 0.15) is 12.5 Å². The first-order valence-corrected chi connectivity index (χ1v) is 8.93. The van der Waals surface area contributed by atoms with E-state index in [1.54, 1.807) is 12.4 Å². The maximum absolute atomic E-state index is 4.66. The number of para-hydroxylation sites is 1. The quantitative estimate of drug-likeness (QED) is 0.559. The van der Waals surface area contributed by atoms with Crippen LogP contribution in [0.2, 0.25) is 0 Å². The zero-order valence-corrected chi connectivity index (χ0v) is 15.1. The van der Waals surface area contributed by atoms with Crippen molar-refractivity contribution in [2.75, 3.05) is 16.8 Å². The zero-order valence-electron chi connectivity index (χ0n) is 15.1. The summed E-state index contributed by atoms with van der Waals surface area (Å²) in [5, 5.41) is 12.8. The summed E-state index contributed by atoms with van der Waals surface area (Å²) >= 11 is 0. The second-order valence-electron chi connectivity index (χ2n) is 6.15. The highest BCUT2D eigenvalue weighted by Crippen LogP contribution is 2.24.